The first-order valence-electron chi connectivity index (χ1n) is 8.03. The molecule has 9 heteroatoms. The summed E-state index contributed by atoms with van der Waals surface area (Å²) in [6, 6.07) is 1.84. The van der Waals surface area contributed by atoms with Crippen molar-refractivity contribution in [3.05, 3.63) is 29.6 Å². The van der Waals surface area contributed by atoms with Crippen LogP contribution in [0.1, 0.15) is 35.3 Å². The summed E-state index contributed by atoms with van der Waals surface area (Å²) in [7, 11) is 0. The fraction of sp³-hybridized carbons (Fsp3) is 0.562. The van der Waals surface area contributed by atoms with Gasteiger partial charge in [0.25, 0.3) is 5.91 Å². The SMILES string of the molecule is O=C(c1ccc(C(F)(F)F)nc1)N1CC[C@H](O)[C@@]2(CCCNC2=O)C1. The zero-order valence-electron chi connectivity index (χ0n) is 13.3. The number of nitrogens with one attached hydrogen (secondary N) is 1. The number of carbonyl (C=O) groups excluding carboxylic acids is 2. The smallest absolute Gasteiger partial charge is 0.392 e. The maximum Gasteiger partial charge on any atom is 0.433 e. The van der Waals surface area contributed by atoms with Crippen LogP contribution >= 0.6 is 0 Å². The Bertz CT molecular complexity index is 677. The molecule has 0 aromatic carbocycles. The summed E-state index contributed by atoms with van der Waals surface area (Å²) in [5, 5.41) is 13.0. The summed E-state index contributed by atoms with van der Waals surface area (Å²) in [6.45, 7) is 0.806. The van der Waals surface area contributed by atoms with E-state index in [1.54, 1.807) is 0 Å². The Balaban J connectivity index is 1.79. The van der Waals surface area contributed by atoms with Gasteiger partial charge in [0.15, 0.2) is 0 Å². The third-order valence-electron chi connectivity index (χ3n) is 4.91. The van der Waals surface area contributed by atoms with E-state index in [1.165, 1.54) is 4.90 Å². The Hall–Kier alpha value is -2.16. The molecular weight excluding hydrogens is 339 g/mol. The topological polar surface area (TPSA) is 82.5 Å². The van der Waals surface area contributed by atoms with E-state index in [-0.39, 0.29) is 31.0 Å². The molecule has 0 aliphatic carbocycles. The Kier molecular flexibility index (Phi) is 4.44. The van der Waals surface area contributed by atoms with Gasteiger partial charge in [-0.05, 0) is 31.4 Å². The lowest BCUT2D eigenvalue weighted by molar-refractivity contribution is -0.147. The molecule has 2 aliphatic rings. The van der Waals surface area contributed by atoms with E-state index in [2.05, 4.69) is 10.3 Å². The van der Waals surface area contributed by atoms with E-state index in [4.69, 9.17) is 0 Å². The molecule has 2 fully saturated rings. The molecule has 0 saturated carbocycles. The molecule has 1 aromatic rings. The predicted octanol–water partition coefficient (Wildman–Crippen LogP) is 1.20. The number of halogens is 3. The standard InChI is InChI=1S/C16H18F3N3O3/c17-16(18,19)11-3-2-10(8-21-11)13(24)22-7-4-12(23)15(9-22)5-1-6-20-14(15)25/h2-3,8,12,23H,1,4-7,9H2,(H,20,25)/t12-,15+/m0/s1. The summed E-state index contributed by atoms with van der Waals surface area (Å²) in [6.07, 6.45) is -3.11. The maximum atomic E-state index is 12.6. The van der Waals surface area contributed by atoms with Crippen LogP contribution in [0.4, 0.5) is 13.2 Å². The van der Waals surface area contributed by atoms with Crippen molar-refractivity contribution in [2.75, 3.05) is 19.6 Å². The van der Waals surface area contributed by atoms with Crippen LogP contribution in [0.25, 0.3) is 0 Å². The van der Waals surface area contributed by atoms with Gasteiger partial charge in [0, 0.05) is 25.8 Å². The molecule has 2 amide bonds. The molecule has 2 saturated heterocycles. The second-order valence-electron chi connectivity index (χ2n) is 6.48. The maximum absolute atomic E-state index is 12.6. The zero-order valence-corrected chi connectivity index (χ0v) is 13.3. The van der Waals surface area contributed by atoms with Crippen molar-refractivity contribution in [3.8, 4) is 0 Å². The van der Waals surface area contributed by atoms with Gasteiger partial charge in [0.1, 0.15) is 5.69 Å². The highest BCUT2D eigenvalue weighted by Gasteiger charge is 2.50. The summed E-state index contributed by atoms with van der Waals surface area (Å²) in [5.41, 5.74) is -2.09. The Morgan fingerprint density at radius 3 is 2.76 bits per heavy atom. The number of amides is 2. The fourth-order valence-corrected chi connectivity index (χ4v) is 3.49. The molecule has 6 nitrogen and oxygen atoms in total. The number of likely N-dealkylation sites (tertiary alicyclic amines) is 1. The number of alkyl halides is 3. The summed E-state index contributed by atoms with van der Waals surface area (Å²) < 4.78 is 37.7. The molecule has 1 aromatic heterocycles. The van der Waals surface area contributed by atoms with Gasteiger partial charge in [0.05, 0.1) is 17.1 Å². The third-order valence-corrected chi connectivity index (χ3v) is 4.91. The summed E-state index contributed by atoms with van der Waals surface area (Å²) >= 11 is 0. The van der Waals surface area contributed by atoms with Gasteiger partial charge in [-0.2, -0.15) is 13.2 Å². The fourth-order valence-electron chi connectivity index (χ4n) is 3.49. The zero-order chi connectivity index (χ0) is 18.2. The van der Waals surface area contributed by atoms with E-state index in [9.17, 15) is 27.9 Å². The number of nitrogens with zero attached hydrogens (tertiary/aromatic N) is 2. The van der Waals surface area contributed by atoms with Gasteiger partial charge in [-0.1, -0.05) is 0 Å². The lowest BCUT2D eigenvalue weighted by atomic mass is 9.71. The van der Waals surface area contributed by atoms with Crippen molar-refractivity contribution in [2.45, 2.75) is 31.5 Å². The van der Waals surface area contributed by atoms with Gasteiger partial charge >= 0.3 is 6.18 Å². The molecule has 1 spiro atoms. The molecule has 2 aliphatic heterocycles. The van der Waals surface area contributed by atoms with Crippen molar-refractivity contribution in [1.29, 1.82) is 0 Å². The normalized spacial score (nSPS) is 27.3. The minimum absolute atomic E-state index is 0.0238. The lowest BCUT2D eigenvalue weighted by Gasteiger charge is -2.46. The molecule has 2 atom stereocenters. The number of rotatable bonds is 1. The van der Waals surface area contributed by atoms with Crippen LogP contribution in [0.2, 0.25) is 0 Å². The minimum Gasteiger partial charge on any atom is -0.392 e. The molecule has 0 unspecified atom stereocenters. The number of hydrogen-bond acceptors (Lipinski definition) is 4. The van der Waals surface area contributed by atoms with Crippen molar-refractivity contribution < 1.29 is 27.9 Å². The Labute approximate surface area is 142 Å². The van der Waals surface area contributed by atoms with Gasteiger partial charge < -0.3 is 15.3 Å². The lowest BCUT2D eigenvalue weighted by Crippen LogP contribution is -2.62. The van der Waals surface area contributed by atoms with E-state index < -0.39 is 29.3 Å². The number of pyridine rings is 1. The number of aliphatic hydroxyl groups excluding tert-OH is 1. The average Bonchev–Trinajstić information content (AvgIpc) is 2.58. The highest BCUT2D eigenvalue weighted by Crippen LogP contribution is 2.37. The predicted molar refractivity (Wildman–Crippen MR) is 80.4 cm³/mol. The molecule has 2 N–H and O–H groups in total. The minimum atomic E-state index is -4.57. The number of aromatic nitrogens is 1. The van der Waals surface area contributed by atoms with E-state index in [1.807, 2.05) is 0 Å². The quantitative estimate of drug-likeness (QED) is 0.791. The molecule has 136 valence electrons. The van der Waals surface area contributed by atoms with Gasteiger partial charge in [-0.25, -0.2) is 0 Å². The summed E-state index contributed by atoms with van der Waals surface area (Å²) in [4.78, 5) is 29.6. The average molecular weight is 357 g/mol. The highest BCUT2D eigenvalue weighted by atomic mass is 19.4. The molecule has 3 rings (SSSR count). The van der Waals surface area contributed by atoms with Crippen molar-refractivity contribution in [2.24, 2.45) is 5.41 Å². The molecule has 0 bridgehead atoms. The van der Waals surface area contributed by atoms with Crippen molar-refractivity contribution in [3.63, 3.8) is 0 Å². The number of carbonyl (C=O) groups is 2. The van der Waals surface area contributed by atoms with Crippen LogP contribution in [-0.4, -0.2) is 52.5 Å². The first-order valence-corrected chi connectivity index (χ1v) is 8.03. The highest BCUT2D eigenvalue weighted by molar-refractivity contribution is 5.95. The van der Waals surface area contributed by atoms with Crippen LogP contribution < -0.4 is 5.32 Å². The van der Waals surface area contributed by atoms with Crippen LogP contribution in [0.5, 0.6) is 0 Å². The largest absolute Gasteiger partial charge is 0.433 e. The van der Waals surface area contributed by atoms with Crippen LogP contribution in [0, 0.1) is 5.41 Å². The van der Waals surface area contributed by atoms with Crippen LogP contribution in [-0.2, 0) is 11.0 Å². The molecular formula is C16H18F3N3O3. The van der Waals surface area contributed by atoms with Gasteiger partial charge in [0.2, 0.25) is 5.91 Å². The summed E-state index contributed by atoms with van der Waals surface area (Å²) in [5.74, 6) is -0.778. The first-order chi connectivity index (χ1) is 11.7. The Morgan fingerprint density at radius 1 is 1.40 bits per heavy atom. The molecule has 0 radical (unpaired) electrons. The van der Waals surface area contributed by atoms with Gasteiger partial charge in [-0.3, -0.25) is 14.6 Å². The number of hydrogen-bond donors (Lipinski definition) is 2. The molecule has 3 heterocycles. The van der Waals surface area contributed by atoms with Crippen LogP contribution in [0.15, 0.2) is 18.3 Å². The van der Waals surface area contributed by atoms with Gasteiger partial charge in [-0.15, -0.1) is 0 Å². The monoisotopic (exact) mass is 357 g/mol. The van der Waals surface area contributed by atoms with E-state index in [0.29, 0.717) is 19.4 Å². The molecule has 25 heavy (non-hydrogen) atoms. The van der Waals surface area contributed by atoms with Crippen molar-refractivity contribution in [1.82, 2.24) is 15.2 Å². The second-order valence-corrected chi connectivity index (χ2v) is 6.48. The second kappa shape index (κ2) is 6.29. The number of piperidine rings is 2. The Morgan fingerprint density at radius 2 is 2.16 bits per heavy atom. The van der Waals surface area contributed by atoms with E-state index >= 15 is 0 Å². The third kappa shape index (κ3) is 3.20. The number of aliphatic hydroxyl groups is 1. The van der Waals surface area contributed by atoms with E-state index in [0.717, 1.165) is 18.3 Å². The van der Waals surface area contributed by atoms with Crippen LogP contribution in [0.3, 0.4) is 0 Å². The first kappa shape index (κ1) is 17.7. The van der Waals surface area contributed by atoms with Crippen molar-refractivity contribution >= 4 is 11.8 Å².